The molecule has 0 aliphatic heterocycles. The van der Waals surface area contributed by atoms with Gasteiger partial charge < -0.3 is 0 Å². The fraction of sp³-hybridized carbons (Fsp3) is 0.300. The van der Waals surface area contributed by atoms with Gasteiger partial charge in [0, 0.05) is 10.0 Å². The zero-order valence-corrected chi connectivity index (χ0v) is 9.18. The molecule has 1 radical (unpaired) electrons. The quantitative estimate of drug-likeness (QED) is 0.714. The van der Waals surface area contributed by atoms with Gasteiger partial charge in [-0.15, -0.1) is 0 Å². The summed E-state index contributed by atoms with van der Waals surface area (Å²) >= 11 is 11.2. The molecule has 0 nitrogen and oxygen atoms in total. The van der Waals surface area contributed by atoms with Crippen LogP contribution in [0.15, 0.2) is 12.1 Å². The molecule has 0 N–H and O–H groups in total. The first-order valence-electron chi connectivity index (χ1n) is 4.20. The highest BCUT2D eigenvalue weighted by molar-refractivity contribution is 6.35. The second kappa shape index (κ2) is 4.62. The lowest BCUT2D eigenvalue weighted by Crippen LogP contribution is -2.09. The van der Waals surface area contributed by atoms with Gasteiger partial charge in [0.15, 0.2) is 0 Å². The summed E-state index contributed by atoms with van der Waals surface area (Å²) in [6.07, 6.45) is -3.89. The number of hydrogen-bond acceptors (Lipinski definition) is 0. The van der Waals surface area contributed by atoms with Crippen LogP contribution in [0.25, 0.3) is 0 Å². The fourth-order valence-corrected chi connectivity index (χ4v) is 1.88. The van der Waals surface area contributed by atoms with Crippen LogP contribution in [0.4, 0.5) is 13.2 Å². The van der Waals surface area contributed by atoms with Crippen molar-refractivity contribution >= 4 is 23.2 Å². The topological polar surface area (TPSA) is 0 Å². The van der Waals surface area contributed by atoms with E-state index in [1.807, 2.05) is 0 Å². The van der Waals surface area contributed by atoms with E-state index in [9.17, 15) is 13.2 Å². The van der Waals surface area contributed by atoms with Crippen LogP contribution in [0.2, 0.25) is 10.0 Å². The van der Waals surface area contributed by atoms with E-state index in [1.54, 1.807) is 0 Å². The van der Waals surface area contributed by atoms with Crippen LogP contribution in [0, 0.1) is 6.92 Å². The van der Waals surface area contributed by atoms with E-state index in [1.165, 1.54) is 6.07 Å². The van der Waals surface area contributed by atoms with E-state index in [0.717, 1.165) is 6.07 Å². The molecular formula is C10H8Cl2F3. The van der Waals surface area contributed by atoms with Crippen molar-refractivity contribution in [2.75, 3.05) is 0 Å². The third-order valence-corrected chi connectivity index (χ3v) is 2.45. The molecule has 1 aromatic carbocycles. The van der Waals surface area contributed by atoms with Crippen molar-refractivity contribution in [2.45, 2.75) is 19.0 Å². The molecule has 1 rings (SSSR count). The van der Waals surface area contributed by atoms with Gasteiger partial charge in [0.25, 0.3) is 0 Å². The Balaban J connectivity index is 3.33. The SMILES string of the molecule is [CH2]CCc1c(Cl)cc(Cl)cc1C(F)(F)F. The molecule has 0 bridgehead atoms. The highest BCUT2D eigenvalue weighted by Crippen LogP contribution is 2.37. The van der Waals surface area contributed by atoms with Gasteiger partial charge in [0.05, 0.1) is 5.56 Å². The minimum atomic E-state index is -4.43. The van der Waals surface area contributed by atoms with Crippen molar-refractivity contribution in [1.82, 2.24) is 0 Å². The van der Waals surface area contributed by atoms with Crippen molar-refractivity contribution in [3.8, 4) is 0 Å². The van der Waals surface area contributed by atoms with Gasteiger partial charge in [0.1, 0.15) is 0 Å². The van der Waals surface area contributed by atoms with E-state index < -0.39 is 11.7 Å². The molecule has 0 saturated heterocycles. The third-order valence-electron chi connectivity index (χ3n) is 1.89. The van der Waals surface area contributed by atoms with Gasteiger partial charge in [-0.1, -0.05) is 30.1 Å². The van der Waals surface area contributed by atoms with Crippen LogP contribution in [-0.2, 0) is 12.6 Å². The van der Waals surface area contributed by atoms with Crippen LogP contribution < -0.4 is 0 Å². The standard InChI is InChI=1S/C10H8Cl2F3/c1-2-3-7-8(10(13,14)15)4-6(11)5-9(7)12/h4-5H,1-3H2. The number of hydrogen-bond donors (Lipinski definition) is 0. The molecule has 0 aromatic heterocycles. The van der Waals surface area contributed by atoms with Crippen molar-refractivity contribution in [1.29, 1.82) is 0 Å². The molecule has 5 heteroatoms. The normalized spacial score (nSPS) is 11.9. The highest BCUT2D eigenvalue weighted by Gasteiger charge is 2.34. The number of rotatable bonds is 2. The van der Waals surface area contributed by atoms with E-state index in [0.29, 0.717) is 6.42 Å². The zero-order valence-electron chi connectivity index (χ0n) is 7.67. The van der Waals surface area contributed by atoms with E-state index in [2.05, 4.69) is 6.92 Å². The summed E-state index contributed by atoms with van der Waals surface area (Å²) in [5.74, 6) is 0. The lowest BCUT2D eigenvalue weighted by atomic mass is 10.0. The molecule has 0 aliphatic carbocycles. The summed E-state index contributed by atoms with van der Waals surface area (Å²) in [5.41, 5.74) is -0.716. The Kier molecular flexibility index (Phi) is 3.90. The number of benzene rings is 1. The number of halogens is 5. The average molecular weight is 256 g/mol. The van der Waals surface area contributed by atoms with Crippen LogP contribution in [0.3, 0.4) is 0 Å². The maximum absolute atomic E-state index is 12.6. The Morgan fingerprint density at radius 3 is 2.27 bits per heavy atom. The van der Waals surface area contributed by atoms with Crippen molar-refractivity contribution in [2.24, 2.45) is 0 Å². The van der Waals surface area contributed by atoms with E-state index >= 15 is 0 Å². The molecule has 0 amide bonds. The second-order valence-corrected chi connectivity index (χ2v) is 3.86. The van der Waals surface area contributed by atoms with Gasteiger partial charge in [-0.2, -0.15) is 13.2 Å². The number of alkyl halides is 3. The van der Waals surface area contributed by atoms with Crippen molar-refractivity contribution < 1.29 is 13.2 Å². The molecule has 0 fully saturated rings. The summed E-state index contributed by atoms with van der Waals surface area (Å²) in [4.78, 5) is 0. The van der Waals surface area contributed by atoms with Gasteiger partial charge in [0.2, 0.25) is 0 Å². The molecule has 0 spiro atoms. The summed E-state index contributed by atoms with van der Waals surface area (Å²) in [7, 11) is 0. The molecule has 0 atom stereocenters. The predicted octanol–water partition coefficient (Wildman–Crippen LogP) is 4.78. The van der Waals surface area contributed by atoms with Gasteiger partial charge in [-0.25, -0.2) is 0 Å². The van der Waals surface area contributed by atoms with Crippen LogP contribution >= 0.6 is 23.2 Å². The largest absolute Gasteiger partial charge is 0.416 e. The first-order chi connectivity index (χ1) is 6.86. The molecule has 0 heterocycles. The minimum absolute atomic E-state index is 0.0138. The fourth-order valence-electron chi connectivity index (χ4n) is 1.29. The smallest absolute Gasteiger partial charge is 0.166 e. The first-order valence-corrected chi connectivity index (χ1v) is 4.96. The Labute approximate surface area is 96.0 Å². The molecule has 0 unspecified atom stereocenters. The van der Waals surface area contributed by atoms with Gasteiger partial charge in [-0.3, -0.25) is 0 Å². The molecule has 83 valence electrons. The lowest BCUT2D eigenvalue weighted by molar-refractivity contribution is -0.138. The predicted molar refractivity (Wildman–Crippen MR) is 55.1 cm³/mol. The maximum atomic E-state index is 12.6. The van der Waals surface area contributed by atoms with Crippen molar-refractivity contribution in [3.63, 3.8) is 0 Å². The van der Waals surface area contributed by atoms with Gasteiger partial charge >= 0.3 is 6.18 Å². The van der Waals surface area contributed by atoms with Crippen LogP contribution in [0.1, 0.15) is 17.5 Å². The third kappa shape index (κ3) is 3.02. The van der Waals surface area contributed by atoms with E-state index in [-0.39, 0.29) is 22.0 Å². The summed E-state index contributed by atoms with van der Waals surface area (Å²) in [5, 5.41) is 0.0265. The summed E-state index contributed by atoms with van der Waals surface area (Å²) < 4.78 is 37.8. The second-order valence-electron chi connectivity index (χ2n) is 3.02. The molecule has 0 saturated carbocycles. The summed E-state index contributed by atoms with van der Waals surface area (Å²) in [6.45, 7) is 3.51. The first kappa shape index (κ1) is 12.7. The Hall–Kier alpha value is -0.410. The van der Waals surface area contributed by atoms with Crippen molar-refractivity contribution in [3.05, 3.63) is 40.2 Å². The molecular weight excluding hydrogens is 248 g/mol. The molecule has 15 heavy (non-hydrogen) atoms. The lowest BCUT2D eigenvalue weighted by Gasteiger charge is -2.14. The molecule has 1 aromatic rings. The Bertz CT molecular complexity index is 358. The average Bonchev–Trinajstić information content (AvgIpc) is 2.07. The summed E-state index contributed by atoms with van der Waals surface area (Å²) in [6, 6.07) is 2.20. The molecule has 0 aliphatic rings. The minimum Gasteiger partial charge on any atom is -0.166 e. The van der Waals surface area contributed by atoms with Crippen LogP contribution in [0.5, 0.6) is 0 Å². The Morgan fingerprint density at radius 2 is 1.80 bits per heavy atom. The van der Waals surface area contributed by atoms with Gasteiger partial charge in [-0.05, 0) is 30.5 Å². The monoisotopic (exact) mass is 255 g/mol. The highest BCUT2D eigenvalue weighted by atomic mass is 35.5. The maximum Gasteiger partial charge on any atom is 0.416 e. The Morgan fingerprint density at radius 1 is 1.20 bits per heavy atom. The zero-order chi connectivity index (χ0) is 11.6. The van der Waals surface area contributed by atoms with E-state index in [4.69, 9.17) is 23.2 Å². The van der Waals surface area contributed by atoms with Crippen LogP contribution in [-0.4, -0.2) is 0 Å².